The second-order valence-electron chi connectivity index (χ2n) is 4.02. The molecule has 0 aromatic carbocycles. The van der Waals surface area contributed by atoms with Gasteiger partial charge >= 0.3 is 5.69 Å². The fourth-order valence-electron chi connectivity index (χ4n) is 1.78. The van der Waals surface area contributed by atoms with Crippen LogP contribution in [0.3, 0.4) is 0 Å². The van der Waals surface area contributed by atoms with E-state index >= 15 is 0 Å². The second kappa shape index (κ2) is 4.94. The third-order valence-electron chi connectivity index (χ3n) is 2.73. The first-order valence-corrected chi connectivity index (χ1v) is 6.38. The number of aliphatic hydroxyl groups excluding tert-OH is 2. The minimum absolute atomic E-state index is 0.587. The molecule has 1 fully saturated rings. The third kappa shape index (κ3) is 2.45. The van der Waals surface area contributed by atoms with E-state index in [1.165, 1.54) is 22.6 Å². The number of rotatable bonds is 2. The average Bonchev–Trinajstić information content (AvgIpc) is 2.52. The number of ether oxygens (including phenoxy) is 1. The van der Waals surface area contributed by atoms with E-state index in [0.717, 1.165) is 12.3 Å². The first-order valence-electron chi connectivity index (χ1n) is 5.13. The number of hydrogen-bond donors (Lipinski definition) is 4. The zero-order chi connectivity index (χ0) is 14.4. The lowest BCUT2D eigenvalue weighted by Gasteiger charge is -2.23. The Morgan fingerprint density at radius 1 is 1.58 bits per heavy atom. The molecule has 10 heteroatoms. The molecule has 106 valence electrons. The van der Waals surface area contributed by atoms with Crippen molar-refractivity contribution < 1.29 is 24.4 Å². The van der Waals surface area contributed by atoms with Gasteiger partial charge in [-0.1, -0.05) is 0 Å². The molecule has 0 saturated carbocycles. The zero-order valence-electron chi connectivity index (χ0n) is 9.23. The van der Waals surface area contributed by atoms with Crippen molar-refractivity contribution in [1.29, 1.82) is 0 Å². The lowest BCUT2D eigenvalue weighted by Crippen LogP contribution is -2.46. The third-order valence-corrected chi connectivity index (χ3v) is 3.44. The fourth-order valence-corrected chi connectivity index (χ4v) is 2.35. The molecule has 2 heterocycles. The molecule has 0 bridgehead atoms. The molecule has 19 heavy (non-hydrogen) atoms. The standard InChI is InChI=1S/C9H10FIN2O6/c10-9(18)5(15)4(6(11)16)19-7(9)13-2-1-3(14)12-8(13)17/h1-2,4-7,15-16,18H,(H,12,14,17)/t4-,5+,6?,7+,9+/m0/s1. The maximum Gasteiger partial charge on any atom is 0.330 e. The minimum atomic E-state index is -3.28. The molecule has 1 aliphatic heterocycles. The lowest BCUT2D eigenvalue weighted by atomic mass is 10.1. The van der Waals surface area contributed by atoms with Crippen LogP contribution in [0.4, 0.5) is 4.39 Å². The summed E-state index contributed by atoms with van der Waals surface area (Å²) in [6.07, 6.45) is -4.41. The van der Waals surface area contributed by atoms with Crippen LogP contribution in [-0.4, -0.2) is 47.0 Å². The number of halogens is 2. The van der Waals surface area contributed by atoms with Gasteiger partial charge in [0.1, 0.15) is 16.3 Å². The molecular formula is C9H10FIN2O6. The number of nitrogens with zero attached hydrogens (tertiary/aromatic N) is 1. The van der Waals surface area contributed by atoms with Crippen molar-refractivity contribution in [3.05, 3.63) is 33.1 Å². The highest BCUT2D eigenvalue weighted by atomic mass is 127. The molecule has 0 spiro atoms. The summed E-state index contributed by atoms with van der Waals surface area (Å²) >= 11 is 1.47. The molecule has 5 atom stereocenters. The summed E-state index contributed by atoms with van der Waals surface area (Å²) < 4.78 is 18.3. The summed E-state index contributed by atoms with van der Waals surface area (Å²) in [4.78, 5) is 24.3. The monoisotopic (exact) mass is 388 g/mol. The Kier molecular flexibility index (Phi) is 3.79. The number of H-pyrrole nitrogens is 1. The first kappa shape index (κ1) is 14.6. The van der Waals surface area contributed by atoms with Crippen LogP contribution in [0.5, 0.6) is 0 Å². The van der Waals surface area contributed by atoms with Crippen molar-refractivity contribution in [2.24, 2.45) is 0 Å². The van der Waals surface area contributed by atoms with Gasteiger partial charge < -0.3 is 20.1 Å². The molecule has 0 amide bonds. The molecule has 0 aliphatic carbocycles. The normalized spacial score (nSPS) is 36.4. The summed E-state index contributed by atoms with van der Waals surface area (Å²) in [7, 11) is 0. The number of alkyl halides is 2. The van der Waals surface area contributed by atoms with E-state index in [4.69, 9.17) is 4.74 Å². The Balaban J connectivity index is 2.45. The predicted octanol–water partition coefficient (Wildman–Crippen LogP) is -1.79. The molecule has 1 unspecified atom stereocenters. The first-order chi connectivity index (χ1) is 8.75. The van der Waals surface area contributed by atoms with Crippen LogP contribution in [0, 0.1) is 0 Å². The second-order valence-corrected chi connectivity index (χ2v) is 5.29. The van der Waals surface area contributed by atoms with Gasteiger partial charge in [-0.2, -0.15) is 0 Å². The number of nitrogens with one attached hydrogen (secondary N) is 1. The van der Waals surface area contributed by atoms with Crippen LogP contribution in [0.1, 0.15) is 6.23 Å². The van der Waals surface area contributed by atoms with Crippen LogP contribution in [0.25, 0.3) is 0 Å². The van der Waals surface area contributed by atoms with E-state index in [0.29, 0.717) is 4.57 Å². The van der Waals surface area contributed by atoms with Crippen LogP contribution < -0.4 is 11.2 Å². The summed E-state index contributed by atoms with van der Waals surface area (Å²) in [5, 5.41) is 28.5. The Morgan fingerprint density at radius 2 is 2.21 bits per heavy atom. The summed E-state index contributed by atoms with van der Waals surface area (Å²) in [6, 6.07) is 0.932. The number of aromatic amines is 1. The minimum Gasteiger partial charge on any atom is -0.384 e. The highest BCUT2D eigenvalue weighted by Gasteiger charge is 2.59. The Labute approximate surface area is 118 Å². The van der Waals surface area contributed by atoms with Gasteiger partial charge in [-0.15, -0.1) is 0 Å². The largest absolute Gasteiger partial charge is 0.384 e. The van der Waals surface area contributed by atoms with Crippen molar-refractivity contribution in [3.63, 3.8) is 0 Å². The van der Waals surface area contributed by atoms with Gasteiger partial charge in [0.15, 0.2) is 6.23 Å². The van der Waals surface area contributed by atoms with E-state index in [1.54, 1.807) is 0 Å². The predicted molar refractivity (Wildman–Crippen MR) is 67.3 cm³/mol. The Bertz CT molecular complexity index is 585. The molecule has 0 radical (unpaired) electrons. The Hall–Kier alpha value is -0.820. The molecule has 4 N–H and O–H groups in total. The van der Waals surface area contributed by atoms with Crippen LogP contribution in [-0.2, 0) is 4.74 Å². The maximum atomic E-state index is 14.1. The van der Waals surface area contributed by atoms with E-state index < -0.39 is 39.7 Å². The van der Waals surface area contributed by atoms with Gasteiger partial charge in [-0.05, 0) is 22.6 Å². The maximum absolute atomic E-state index is 14.1. The Morgan fingerprint density at radius 3 is 2.68 bits per heavy atom. The molecule has 1 aromatic heterocycles. The molecule has 2 rings (SSSR count). The fraction of sp³-hybridized carbons (Fsp3) is 0.556. The highest BCUT2D eigenvalue weighted by Crippen LogP contribution is 2.40. The summed E-state index contributed by atoms with van der Waals surface area (Å²) in [6.45, 7) is 0. The van der Waals surface area contributed by atoms with Crippen LogP contribution >= 0.6 is 22.6 Å². The SMILES string of the molecule is O=c1ccn([C@@H]2O[C@H](C(O)I)[C@@H](O)[C@]2(O)F)c(=O)[nH]1. The van der Waals surface area contributed by atoms with Gasteiger partial charge in [0.05, 0.1) is 0 Å². The van der Waals surface area contributed by atoms with Crippen molar-refractivity contribution in [3.8, 4) is 0 Å². The molecule has 8 nitrogen and oxygen atoms in total. The van der Waals surface area contributed by atoms with Gasteiger partial charge in [0, 0.05) is 12.3 Å². The number of hydrogen-bond acceptors (Lipinski definition) is 6. The van der Waals surface area contributed by atoms with Crippen molar-refractivity contribution >= 4 is 22.6 Å². The van der Waals surface area contributed by atoms with Crippen LogP contribution in [0.15, 0.2) is 21.9 Å². The zero-order valence-corrected chi connectivity index (χ0v) is 11.4. The van der Waals surface area contributed by atoms with Crippen molar-refractivity contribution in [1.82, 2.24) is 9.55 Å². The van der Waals surface area contributed by atoms with Gasteiger partial charge in [0.25, 0.3) is 11.4 Å². The average molecular weight is 388 g/mol. The van der Waals surface area contributed by atoms with E-state index in [9.17, 15) is 29.3 Å². The number of aromatic nitrogens is 2. The quantitative estimate of drug-likeness (QED) is 0.350. The van der Waals surface area contributed by atoms with E-state index in [2.05, 4.69) is 0 Å². The van der Waals surface area contributed by atoms with Gasteiger partial charge in [-0.25, -0.2) is 9.18 Å². The highest BCUT2D eigenvalue weighted by molar-refractivity contribution is 14.1. The molecule has 1 saturated heterocycles. The molecular weight excluding hydrogens is 378 g/mol. The number of aliphatic hydroxyl groups is 3. The molecule has 1 aromatic rings. The summed E-state index contributed by atoms with van der Waals surface area (Å²) in [5.41, 5.74) is -1.71. The van der Waals surface area contributed by atoms with E-state index in [-0.39, 0.29) is 0 Å². The van der Waals surface area contributed by atoms with Gasteiger partial charge in [-0.3, -0.25) is 14.3 Å². The van der Waals surface area contributed by atoms with E-state index in [1.807, 2.05) is 4.98 Å². The van der Waals surface area contributed by atoms with Crippen LogP contribution in [0.2, 0.25) is 0 Å². The smallest absolute Gasteiger partial charge is 0.330 e. The molecule has 1 aliphatic rings. The lowest BCUT2D eigenvalue weighted by molar-refractivity contribution is -0.197. The van der Waals surface area contributed by atoms with Gasteiger partial charge in [0.2, 0.25) is 0 Å². The van der Waals surface area contributed by atoms with Crippen molar-refractivity contribution in [2.45, 2.75) is 28.4 Å². The topological polar surface area (TPSA) is 125 Å². The van der Waals surface area contributed by atoms with Crippen molar-refractivity contribution in [2.75, 3.05) is 0 Å². The summed E-state index contributed by atoms with van der Waals surface area (Å²) in [5.74, 6) is -3.28.